The van der Waals surface area contributed by atoms with E-state index in [9.17, 15) is 9.59 Å². The summed E-state index contributed by atoms with van der Waals surface area (Å²) in [7, 11) is 0. The molecular weight excluding hydrogens is 394 g/mol. The molecule has 29 heavy (non-hydrogen) atoms. The monoisotopic (exact) mass is 411 g/mol. The predicted molar refractivity (Wildman–Crippen MR) is 105 cm³/mol. The Labute approximate surface area is 172 Å². The highest BCUT2D eigenvalue weighted by Crippen LogP contribution is 2.26. The summed E-state index contributed by atoms with van der Waals surface area (Å²) in [6, 6.07) is 14.2. The predicted octanol–water partition coefficient (Wildman–Crippen LogP) is 3.87. The van der Waals surface area contributed by atoms with Crippen molar-refractivity contribution in [1.82, 2.24) is 15.0 Å². The van der Waals surface area contributed by atoms with Crippen LogP contribution < -0.4 is 0 Å². The summed E-state index contributed by atoms with van der Waals surface area (Å²) in [5, 5.41) is 4.32. The van der Waals surface area contributed by atoms with E-state index in [2.05, 4.69) is 10.1 Å². The number of esters is 1. The molecule has 2 aromatic carbocycles. The molecule has 0 atom stereocenters. The third-order valence-electron chi connectivity index (χ3n) is 4.61. The summed E-state index contributed by atoms with van der Waals surface area (Å²) < 4.78 is 10.5. The average Bonchev–Trinajstić information content (AvgIpc) is 3.36. The Morgan fingerprint density at radius 3 is 2.86 bits per heavy atom. The molecule has 148 valence electrons. The summed E-state index contributed by atoms with van der Waals surface area (Å²) in [5.74, 6) is 0.152. The van der Waals surface area contributed by atoms with E-state index in [4.69, 9.17) is 20.9 Å². The van der Waals surface area contributed by atoms with Gasteiger partial charge in [-0.15, -0.1) is 0 Å². The summed E-state index contributed by atoms with van der Waals surface area (Å²) in [5.41, 5.74) is 1.91. The maximum absolute atomic E-state index is 12.4. The van der Waals surface area contributed by atoms with Gasteiger partial charge < -0.3 is 14.2 Å². The normalized spacial score (nSPS) is 13.7. The minimum Gasteiger partial charge on any atom is -0.454 e. The number of aromatic nitrogens is 2. The summed E-state index contributed by atoms with van der Waals surface area (Å²) >= 11 is 6.12. The lowest BCUT2D eigenvalue weighted by atomic mass is 10.1. The van der Waals surface area contributed by atoms with Crippen molar-refractivity contribution < 1.29 is 18.8 Å². The molecule has 0 N–H and O–H groups in total. The number of carbonyl (C=O) groups excluding carboxylic acids is 2. The molecule has 0 aliphatic carbocycles. The highest BCUT2D eigenvalue weighted by Gasteiger charge is 2.20. The zero-order chi connectivity index (χ0) is 20.2. The molecule has 0 bridgehead atoms. The van der Waals surface area contributed by atoms with Gasteiger partial charge in [0.15, 0.2) is 6.61 Å². The Balaban J connectivity index is 1.38. The maximum atomic E-state index is 12.4. The van der Waals surface area contributed by atoms with Crippen LogP contribution in [0.3, 0.4) is 0 Å². The van der Waals surface area contributed by atoms with Crippen molar-refractivity contribution in [3.05, 3.63) is 70.5 Å². The third-order valence-corrected chi connectivity index (χ3v) is 4.94. The molecule has 3 aromatic rings. The molecule has 0 radical (unpaired) electrons. The number of hydrogen-bond acceptors (Lipinski definition) is 6. The molecule has 0 unspecified atom stereocenters. The lowest BCUT2D eigenvalue weighted by molar-refractivity contribution is -0.128. The number of benzene rings is 2. The van der Waals surface area contributed by atoms with Crippen LogP contribution in [0.25, 0.3) is 11.5 Å². The number of hydrogen-bond donors (Lipinski definition) is 0. The number of amides is 1. The molecule has 1 fully saturated rings. The Hall–Kier alpha value is -3.19. The SMILES string of the molecule is O=C(OCc1noc(-c2ccccc2Cl)n1)c1cccc(CN2CCCC2=O)c1. The Bertz CT molecular complexity index is 1050. The molecule has 1 saturated heterocycles. The molecule has 8 heteroatoms. The van der Waals surface area contributed by atoms with Crippen LogP contribution in [0.15, 0.2) is 53.1 Å². The number of rotatable bonds is 6. The fraction of sp³-hybridized carbons (Fsp3) is 0.238. The Morgan fingerprint density at radius 2 is 2.07 bits per heavy atom. The van der Waals surface area contributed by atoms with Crippen LogP contribution in [0.1, 0.15) is 34.6 Å². The van der Waals surface area contributed by atoms with E-state index in [0.29, 0.717) is 29.1 Å². The largest absolute Gasteiger partial charge is 0.454 e. The zero-order valence-corrected chi connectivity index (χ0v) is 16.3. The van der Waals surface area contributed by atoms with Gasteiger partial charge in [-0.2, -0.15) is 4.98 Å². The fourth-order valence-electron chi connectivity index (χ4n) is 3.16. The summed E-state index contributed by atoms with van der Waals surface area (Å²) in [4.78, 5) is 30.2. The molecule has 7 nitrogen and oxygen atoms in total. The number of likely N-dealkylation sites (tertiary alicyclic amines) is 1. The topological polar surface area (TPSA) is 85.5 Å². The smallest absolute Gasteiger partial charge is 0.338 e. The third kappa shape index (κ3) is 4.46. The van der Waals surface area contributed by atoms with Gasteiger partial charge in [-0.25, -0.2) is 4.79 Å². The first-order valence-corrected chi connectivity index (χ1v) is 9.59. The lowest BCUT2D eigenvalue weighted by Gasteiger charge is -2.15. The number of nitrogens with zero attached hydrogens (tertiary/aromatic N) is 3. The van der Waals surface area contributed by atoms with E-state index in [-0.39, 0.29) is 24.2 Å². The molecule has 0 spiro atoms. The summed E-state index contributed by atoms with van der Waals surface area (Å²) in [6.45, 7) is 1.12. The van der Waals surface area contributed by atoms with Gasteiger partial charge in [0.1, 0.15) is 0 Å². The van der Waals surface area contributed by atoms with E-state index in [1.807, 2.05) is 12.1 Å². The summed E-state index contributed by atoms with van der Waals surface area (Å²) in [6.07, 6.45) is 1.46. The van der Waals surface area contributed by atoms with Gasteiger partial charge in [0, 0.05) is 19.5 Å². The first kappa shape index (κ1) is 19.1. The van der Waals surface area contributed by atoms with Crippen LogP contribution in [0, 0.1) is 0 Å². The van der Waals surface area contributed by atoms with Crippen molar-refractivity contribution in [2.45, 2.75) is 26.0 Å². The van der Waals surface area contributed by atoms with Crippen molar-refractivity contribution >= 4 is 23.5 Å². The van der Waals surface area contributed by atoms with E-state index in [0.717, 1.165) is 18.5 Å². The Morgan fingerprint density at radius 1 is 1.21 bits per heavy atom. The molecule has 1 aliphatic heterocycles. The first-order valence-electron chi connectivity index (χ1n) is 9.21. The molecule has 4 rings (SSSR count). The lowest BCUT2D eigenvalue weighted by Crippen LogP contribution is -2.23. The van der Waals surface area contributed by atoms with Gasteiger partial charge in [0.2, 0.25) is 11.7 Å². The molecule has 2 heterocycles. The van der Waals surface area contributed by atoms with Crippen molar-refractivity contribution in [3.8, 4) is 11.5 Å². The van der Waals surface area contributed by atoms with Gasteiger partial charge in [-0.1, -0.05) is 41.0 Å². The molecule has 1 amide bonds. The average molecular weight is 412 g/mol. The van der Waals surface area contributed by atoms with Crippen LogP contribution >= 0.6 is 11.6 Å². The van der Waals surface area contributed by atoms with Crippen LogP contribution in [0.5, 0.6) is 0 Å². The highest BCUT2D eigenvalue weighted by molar-refractivity contribution is 6.33. The molecular formula is C21H18ClN3O4. The van der Waals surface area contributed by atoms with E-state index in [1.165, 1.54) is 0 Å². The molecule has 1 aliphatic rings. The van der Waals surface area contributed by atoms with Crippen LogP contribution in [-0.2, 0) is 22.7 Å². The second-order valence-electron chi connectivity index (χ2n) is 6.69. The van der Waals surface area contributed by atoms with Gasteiger partial charge in [-0.3, -0.25) is 4.79 Å². The minimum absolute atomic E-state index is 0.123. The van der Waals surface area contributed by atoms with Crippen LogP contribution in [0.4, 0.5) is 0 Å². The van der Waals surface area contributed by atoms with Crippen molar-refractivity contribution in [1.29, 1.82) is 0 Å². The number of carbonyl (C=O) groups is 2. The quantitative estimate of drug-likeness (QED) is 0.572. The minimum atomic E-state index is -0.497. The van der Waals surface area contributed by atoms with Crippen molar-refractivity contribution in [2.24, 2.45) is 0 Å². The highest BCUT2D eigenvalue weighted by atomic mass is 35.5. The Kier molecular flexibility index (Phi) is 5.57. The second-order valence-corrected chi connectivity index (χ2v) is 7.10. The van der Waals surface area contributed by atoms with Crippen LogP contribution in [0.2, 0.25) is 5.02 Å². The maximum Gasteiger partial charge on any atom is 0.338 e. The van der Waals surface area contributed by atoms with Crippen molar-refractivity contribution in [3.63, 3.8) is 0 Å². The zero-order valence-electron chi connectivity index (χ0n) is 15.5. The first-order chi connectivity index (χ1) is 14.1. The van der Waals surface area contributed by atoms with E-state index < -0.39 is 5.97 Å². The van der Waals surface area contributed by atoms with Gasteiger partial charge in [-0.05, 0) is 36.2 Å². The van der Waals surface area contributed by atoms with E-state index >= 15 is 0 Å². The van der Waals surface area contributed by atoms with Gasteiger partial charge in [0.25, 0.3) is 5.89 Å². The molecule has 1 aromatic heterocycles. The number of ether oxygens (including phenoxy) is 1. The van der Waals surface area contributed by atoms with Crippen molar-refractivity contribution in [2.75, 3.05) is 6.54 Å². The van der Waals surface area contributed by atoms with Gasteiger partial charge >= 0.3 is 5.97 Å². The van der Waals surface area contributed by atoms with Gasteiger partial charge in [0.05, 0.1) is 16.1 Å². The standard InChI is InChI=1S/C21H18ClN3O4/c22-17-8-2-1-7-16(17)20-23-18(24-29-20)13-28-21(27)15-6-3-5-14(11-15)12-25-10-4-9-19(25)26/h1-3,5-8,11H,4,9-10,12-13H2. The number of halogens is 1. The second kappa shape index (κ2) is 8.45. The van der Waals surface area contributed by atoms with E-state index in [1.54, 1.807) is 41.3 Å². The van der Waals surface area contributed by atoms with Crippen LogP contribution in [-0.4, -0.2) is 33.5 Å². The fourth-order valence-corrected chi connectivity index (χ4v) is 3.37. The molecule has 0 saturated carbocycles.